The van der Waals surface area contributed by atoms with Crippen molar-refractivity contribution in [2.75, 3.05) is 6.61 Å². The van der Waals surface area contributed by atoms with Gasteiger partial charge < -0.3 is 10.2 Å². The quantitative estimate of drug-likeness (QED) is 0.106. The van der Waals surface area contributed by atoms with Crippen molar-refractivity contribution in [1.82, 2.24) is 0 Å². The minimum Gasteiger partial charge on any atom is -0.393 e. The first-order valence-corrected chi connectivity index (χ1v) is 17.0. The molecule has 21 nitrogen and oxygen atoms in total. The Balaban J connectivity index is 0. The maximum atomic E-state index is 10.7. The van der Waals surface area contributed by atoms with Gasteiger partial charge in [0.15, 0.2) is 0 Å². The van der Waals surface area contributed by atoms with Crippen molar-refractivity contribution in [3.05, 3.63) is 0 Å². The van der Waals surface area contributed by atoms with Gasteiger partial charge in [0, 0.05) is 12.8 Å². The van der Waals surface area contributed by atoms with Crippen LogP contribution in [0.4, 0.5) is 0 Å². The Hall–Kier alpha value is -0.690. The van der Waals surface area contributed by atoms with E-state index < -0.39 is 83.7 Å². The molecule has 26 heteroatoms. The summed E-state index contributed by atoms with van der Waals surface area (Å²) in [7, 11) is -24.7. The molecule has 1 aliphatic carbocycles. The zero-order chi connectivity index (χ0) is 31.3. The molecule has 0 heterocycles. The molecule has 39 heavy (non-hydrogen) atoms. The van der Waals surface area contributed by atoms with E-state index in [1.807, 2.05) is 0 Å². The van der Waals surface area contributed by atoms with E-state index in [2.05, 4.69) is 16.2 Å². The zero-order valence-electron chi connectivity index (χ0n) is 19.9. The highest BCUT2D eigenvalue weighted by Gasteiger charge is 2.25. The van der Waals surface area contributed by atoms with Crippen molar-refractivity contribution in [3.63, 3.8) is 0 Å². The molecule has 1 fully saturated rings. The van der Waals surface area contributed by atoms with Gasteiger partial charge in [-0.3, -0.25) is 22.8 Å². The zero-order valence-corrected chi connectivity index (χ0v) is 23.9. The molecule has 0 amide bonds. The van der Waals surface area contributed by atoms with Crippen molar-refractivity contribution in [3.8, 4) is 0 Å². The van der Waals surface area contributed by atoms with E-state index in [0.29, 0.717) is 6.42 Å². The second-order valence-electron chi connectivity index (χ2n) is 7.37. The third-order valence-electron chi connectivity index (χ3n) is 3.96. The highest BCUT2D eigenvalue weighted by atomic mass is 32.3. The Morgan fingerprint density at radius 1 is 0.667 bits per heavy atom. The molecule has 0 saturated heterocycles. The highest BCUT2D eigenvalue weighted by molar-refractivity contribution is 7.94. The van der Waals surface area contributed by atoms with Crippen LogP contribution in [-0.4, -0.2) is 106 Å². The highest BCUT2D eigenvalue weighted by Crippen LogP contribution is 2.18. The van der Waals surface area contributed by atoms with E-state index in [1.165, 1.54) is 6.92 Å². The average Bonchev–Trinajstić information content (AvgIpc) is 2.61. The second kappa shape index (κ2) is 17.3. The normalized spacial score (nSPS) is 20.5. The van der Waals surface area contributed by atoms with Crippen molar-refractivity contribution in [1.29, 1.82) is 0 Å². The topological polar surface area (TPSA) is 349 Å². The third-order valence-corrected chi connectivity index (χ3v) is 6.83. The van der Waals surface area contributed by atoms with Crippen LogP contribution in [0.15, 0.2) is 0 Å². The summed E-state index contributed by atoms with van der Waals surface area (Å²) in [5, 5.41) is 17.8. The smallest absolute Gasteiger partial charge is 0.393 e. The Kier molecular flexibility index (Phi) is 18.0. The standard InChI is InChI=1S/C7H16O12S3.C6H12O2.H2O7S2/c1-2-6(18-21(11,12)13)5-7(19-22(14,15)16)3-4-17-20(8,9)10;7-5-2-1-3-6(8)4-5;1-8(2,3)7-9(4,5)6/h6-7H,2-5H2,1H3,(H,8,9,10)(H,11,12,13)(H,14,15,16);5-8H,1-4H2;(H,1,2,3)(H,4,5,6). The first kappa shape index (κ1) is 40.4. The fourth-order valence-corrected chi connectivity index (χ4v) is 4.90. The maximum Gasteiger partial charge on any atom is 0.413 e. The minimum absolute atomic E-state index is 0.0181. The Morgan fingerprint density at radius 2 is 1.08 bits per heavy atom. The Bertz CT molecular complexity index is 1200. The van der Waals surface area contributed by atoms with Gasteiger partial charge in [-0.25, -0.2) is 12.5 Å². The van der Waals surface area contributed by atoms with Gasteiger partial charge in [0.25, 0.3) is 0 Å². The van der Waals surface area contributed by atoms with Gasteiger partial charge in [-0.15, -0.1) is 3.63 Å². The molecule has 1 rings (SSSR count). The summed E-state index contributed by atoms with van der Waals surface area (Å²) in [6.45, 7) is 0.746. The van der Waals surface area contributed by atoms with Crippen LogP contribution >= 0.6 is 0 Å². The molecule has 0 bridgehead atoms. The van der Waals surface area contributed by atoms with E-state index in [0.717, 1.165) is 19.3 Å². The molecule has 0 aliphatic heterocycles. The maximum absolute atomic E-state index is 10.7. The lowest BCUT2D eigenvalue weighted by Crippen LogP contribution is -2.28. The minimum atomic E-state index is -5.12. The number of rotatable bonds is 13. The summed E-state index contributed by atoms with van der Waals surface area (Å²) in [5.74, 6) is 0. The molecule has 0 spiro atoms. The number of hydrogen-bond donors (Lipinski definition) is 7. The summed E-state index contributed by atoms with van der Waals surface area (Å²) < 4.78 is 157. The molecule has 0 aromatic carbocycles. The summed E-state index contributed by atoms with van der Waals surface area (Å²) >= 11 is 0. The number of aliphatic hydroxyl groups is 2. The van der Waals surface area contributed by atoms with Gasteiger partial charge in [0.1, 0.15) is 0 Å². The molecule has 1 aliphatic rings. The van der Waals surface area contributed by atoms with Crippen molar-refractivity contribution >= 4 is 52.0 Å². The van der Waals surface area contributed by atoms with E-state index >= 15 is 0 Å². The van der Waals surface area contributed by atoms with E-state index in [-0.39, 0.29) is 18.6 Å². The fraction of sp³-hybridized carbons (Fsp3) is 1.00. The summed E-state index contributed by atoms with van der Waals surface area (Å²) in [5.41, 5.74) is 0. The van der Waals surface area contributed by atoms with E-state index in [4.69, 9.17) is 33.0 Å². The molecular formula is C13H30O21S5. The van der Waals surface area contributed by atoms with Gasteiger partial charge in [0.05, 0.1) is 31.0 Å². The molecular weight excluding hydrogens is 652 g/mol. The van der Waals surface area contributed by atoms with Crippen LogP contribution in [0.1, 0.15) is 51.9 Å². The van der Waals surface area contributed by atoms with Crippen LogP contribution in [-0.2, 0) is 68.2 Å². The molecule has 7 N–H and O–H groups in total. The van der Waals surface area contributed by atoms with Crippen LogP contribution in [0.2, 0.25) is 0 Å². The predicted octanol–water partition coefficient (Wildman–Crippen LogP) is -1.74. The lowest BCUT2D eigenvalue weighted by Gasteiger charge is -2.20. The number of hydrogen-bond acceptors (Lipinski definition) is 16. The molecule has 1 saturated carbocycles. The van der Waals surface area contributed by atoms with Crippen molar-refractivity contribution in [2.24, 2.45) is 0 Å². The Morgan fingerprint density at radius 3 is 1.33 bits per heavy atom. The molecule has 0 aromatic rings. The van der Waals surface area contributed by atoms with Crippen LogP contribution in [0.25, 0.3) is 0 Å². The monoisotopic (exact) mass is 682 g/mol. The fourth-order valence-electron chi connectivity index (χ4n) is 2.65. The summed E-state index contributed by atoms with van der Waals surface area (Å²) in [6.07, 6.45) is -0.676. The lowest BCUT2D eigenvalue weighted by atomic mass is 9.95. The van der Waals surface area contributed by atoms with Crippen molar-refractivity contribution < 1.29 is 91.2 Å². The predicted molar refractivity (Wildman–Crippen MR) is 125 cm³/mol. The largest absolute Gasteiger partial charge is 0.413 e. The van der Waals surface area contributed by atoms with Gasteiger partial charge in [-0.1, -0.05) is 6.92 Å². The summed E-state index contributed by atoms with van der Waals surface area (Å²) in [6, 6.07) is 0. The number of aliphatic hydroxyl groups excluding tert-OH is 2. The first-order valence-electron chi connectivity index (χ1n) is 10.2. The van der Waals surface area contributed by atoms with Gasteiger partial charge >= 0.3 is 52.0 Å². The second-order valence-corrected chi connectivity index (χ2v) is 12.8. The van der Waals surface area contributed by atoms with Crippen LogP contribution in [0, 0.1) is 0 Å². The van der Waals surface area contributed by atoms with E-state index in [9.17, 15) is 42.1 Å². The summed E-state index contributed by atoms with van der Waals surface area (Å²) in [4.78, 5) is 0. The van der Waals surface area contributed by atoms with Crippen LogP contribution in [0.3, 0.4) is 0 Å². The SMILES string of the molecule is CCC(CC(CCOS(=O)(=O)O)OS(=O)(=O)O)OS(=O)(=O)O.O=S(=O)(O)OS(=O)(=O)O.OC1CCCC(O)C1. The molecule has 4 unspecified atom stereocenters. The van der Waals surface area contributed by atoms with Gasteiger partial charge in [-0.05, 0) is 32.1 Å². The molecule has 238 valence electrons. The molecule has 0 aromatic heterocycles. The third kappa shape index (κ3) is 31.7. The average molecular weight is 683 g/mol. The van der Waals surface area contributed by atoms with Gasteiger partial charge in [-0.2, -0.15) is 42.1 Å². The van der Waals surface area contributed by atoms with Crippen molar-refractivity contribution in [2.45, 2.75) is 76.3 Å². The Labute approximate surface area is 225 Å². The molecule has 4 atom stereocenters. The first-order chi connectivity index (χ1) is 17.2. The van der Waals surface area contributed by atoms with Crippen LogP contribution < -0.4 is 0 Å². The van der Waals surface area contributed by atoms with Gasteiger partial charge in [0.2, 0.25) is 0 Å². The van der Waals surface area contributed by atoms with E-state index in [1.54, 1.807) is 0 Å². The molecule has 0 radical (unpaired) electrons. The van der Waals surface area contributed by atoms with Crippen LogP contribution in [0.5, 0.6) is 0 Å². The lowest BCUT2D eigenvalue weighted by molar-refractivity contribution is 0.0406.